The number of oxazole rings is 1. The molecule has 4 nitrogen and oxygen atoms in total. The lowest BCUT2D eigenvalue weighted by Crippen LogP contribution is -1.97. The smallest absolute Gasteiger partial charge is 0.236 e. The fourth-order valence-electron chi connectivity index (χ4n) is 2.44. The van der Waals surface area contributed by atoms with E-state index in [0.29, 0.717) is 12.5 Å². The maximum Gasteiger partial charge on any atom is 0.236 e. The molecule has 1 aromatic carbocycles. The van der Waals surface area contributed by atoms with Crippen molar-refractivity contribution in [1.82, 2.24) is 9.97 Å². The fourth-order valence-corrected chi connectivity index (χ4v) is 3.71. The molecule has 0 amide bonds. The van der Waals surface area contributed by atoms with Gasteiger partial charge in [-0.15, -0.1) is 22.7 Å². The van der Waals surface area contributed by atoms with Gasteiger partial charge in [-0.05, 0) is 49.6 Å². The summed E-state index contributed by atoms with van der Waals surface area (Å²) in [6.07, 6.45) is 0. The van der Waals surface area contributed by atoms with E-state index in [1.807, 2.05) is 55.6 Å². The van der Waals surface area contributed by atoms with Gasteiger partial charge in [-0.2, -0.15) is 0 Å². The predicted molar refractivity (Wildman–Crippen MR) is 101 cm³/mol. The van der Waals surface area contributed by atoms with Crippen LogP contribution in [0.3, 0.4) is 0 Å². The summed E-state index contributed by atoms with van der Waals surface area (Å²) in [7, 11) is 0. The molecule has 3 heterocycles. The van der Waals surface area contributed by atoms with Gasteiger partial charge in [0, 0.05) is 10.9 Å². The SMILES string of the molecule is Cc1nc(-c2ccc(OCc3nc(-c4cccs4)oc3C)cc2)cs1. The molecule has 4 rings (SSSR count). The van der Waals surface area contributed by atoms with Crippen LogP contribution in [0.15, 0.2) is 51.6 Å². The Morgan fingerprint density at radius 2 is 1.88 bits per heavy atom. The van der Waals surface area contributed by atoms with Crippen LogP contribution in [0.5, 0.6) is 5.75 Å². The third-order valence-corrected chi connectivity index (χ3v) is 5.40. The highest BCUT2D eigenvalue weighted by atomic mass is 32.1. The minimum absolute atomic E-state index is 0.385. The second-order valence-corrected chi connectivity index (χ2v) is 7.57. The van der Waals surface area contributed by atoms with Gasteiger partial charge in [0.2, 0.25) is 5.89 Å². The van der Waals surface area contributed by atoms with Crippen molar-refractivity contribution in [1.29, 1.82) is 0 Å². The van der Waals surface area contributed by atoms with E-state index < -0.39 is 0 Å². The number of thiophene rings is 1. The van der Waals surface area contributed by atoms with Gasteiger partial charge < -0.3 is 9.15 Å². The normalized spacial score (nSPS) is 11.0. The lowest BCUT2D eigenvalue weighted by Gasteiger charge is -2.05. The van der Waals surface area contributed by atoms with E-state index in [-0.39, 0.29) is 0 Å². The van der Waals surface area contributed by atoms with Gasteiger partial charge in [0.05, 0.1) is 15.6 Å². The number of aryl methyl sites for hydroxylation is 2. The third kappa shape index (κ3) is 3.50. The first kappa shape index (κ1) is 16.1. The zero-order valence-corrected chi connectivity index (χ0v) is 15.5. The number of hydrogen-bond donors (Lipinski definition) is 0. The largest absolute Gasteiger partial charge is 0.487 e. The predicted octanol–water partition coefficient (Wildman–Crippen LogP) is 5.72. The zero-order valence-electron chi connectivity index (χ0n) is 13.9. The van der Waals surface area contributed by atoms with Crippen molar-refractivity contribution in [2.75, 3.05) is 0 Å². The molecule has 6 heteroatoms. The Morgan fingerprint density at radius 3 is 2.56 bits per heavy atom. The standard InChI is InChI=1S/C19H16N2O2S2/c1-12-16(21-19(23-12)18-4-3-9-24-18)10-22-15-7-5-14(6-8-15)17-11-25-13(2)20-17/h3-9,11H,10H2,1-2H3. The molecular formula is C19H16N2O2S2. The van der Waals surface area contributed by atoms with Crippen molar-refractivity contribution in [3.05, 3.63) is 63.6 Å². The van der Waals surface area contributed by atoms with Crippen molar-refractivity contribution in [3.63, 3.8) is 0 Å². The second kappa shape index (κ2) is 6.82. The van der Waals surface area contributed by atoms with Gasteiger partial charge in [-0.1, -0.05) is 6.07 Å². The molecule has 0 spiro atoms. The van der Waals surface area contributed by atoms with Crippen LogP contribution in [0.1, 0.15) is 16.5 Å². The first-order valence-corrected chi connectivity index (χ1v) is 9.60. The molecule has 0 unspecified atom stereocenters. The van der Waals surface area contributed by atoms with E-state index in [1.54, 1.807) is 22.7 Å². The highest BCUT2D eigenvalue weighted by Gasteiger charge is 2.12. The molecule has 0 saturated heterocycles. The number of benzene rings is 1. The Balaban J connectivity index is 1.45. The van der Waals surface area contributed by atoms with E-state index in [9.17, 15) is 0 Å². The number of rotatable bonds is 5. The molecule has 0 bridgehead atoms. The lowest BCUT2D eigenvalue weighted by molar-refractivity contribution is 0.299. The van der Waals surface area contributed by atoms with E-state index in [4.69, 9.17) is 9.15 Å². The second-order valence-electron chi connectivity index (χ2n) is 5.56. The van der Waals surface area contributed by atoms with Crippen molar-refractivity contribution in [2.24, 2.45) is 0 Å². The Morgan fingerprint density at radius 1 is 1.04 bits per heavy atom. The van der Waals surface area contributed by atoms with E-state index >= 15 is 0 Å². The Kier molecular flexibility index (Phi) is 4.38. The fraction of sp³-hybridized carbons (Fsp3) is 0.158. The monoisotopic (exact) mass is 368 g/mol. The number of hydrogen-bond acceptors (Lipinski definition) is 6. The average molecular weight is 368 g/mol. The van der Waals surface area contributed by atoms with Gasteiger partial charge in [0.25, 0.3) is 0 Å². The van der Waals surface area contributed by atoms with Gasteiger partial charge in [0.1, 0.15) is 23.8 Å². The van der Waals surface area contributed by atoms with Crippen LogP contribution in [0.4, 0.5) is 0 Å². The summed E-state index contributed by atoms with van der Waals surface area (Å²) in [4.78, 5) is 10.1. The van der Waals surface area contributed by atoms with Crippen LogP contribution in [-0.2, 0) is 6.61 Å². The van der Waals surface area contributed by atoms with Crippen molar-refractivity contribution in [2.45, 2.75) is 20.5 Å². The maximum absolute atomic E-state index is 5.86. The van der Waals surface area contributed by atoms with E-state index in [0.717, 1.165) is 38.3 Å². The lowest BCUT2D eigenvalue weighted by atomic mass is 10.2. The van der Waals surface area contributed by atoms with Crippen LogP contribution in [-0.4, -0.2) is 9.97 Å². The third-order valence-electron chi connectivity index (χ3n) is 3.77. The van der Waals surface area contributed by atoms with Gasteiger partial charge in [-0.3, -0.25) is 0 Å². The van der Waals surface area contributed by atoms with Crippen LogP contribution < -0.4 is 4.74 Å². The summed E-state index contributed by atoms with van der Waals surface area (Å²) in [6, 6.07) is 12.0. The van der Waals surface area contributed by atoms with E-state index in [2.05, 4.69) is 15.3 Å². The van der Waals surface area contributed by atoms with Crippen molar-refractivity contribution >= 4 is 22.7 Å². The Hall–Kier alpha value is -2.44. The summed E-state index contributed by atoms with van der Waals surface area (Å²) < 4.78 is 11.6. The highest BCUT2D eigenvalue weighted by Crippen LogP contribution is 2.27. The van der Waals surface area contributed by atoms with Crippen LogP contribution in [0, 0.1) is 13.8 Å². The first-order valence-electron chi connectivity index (χ1n) is 7.84. The number of aromatic nitrogens is 2. The summed E-state index contributed by atoms with van der Waals surface area (Å²) >= 11 is 3.27. The molecule has 0 fully saturated rings. The average Bonchev–Trinajstić information content (AvgIpc) is 3.35. The topological polar surface area (TPSA) is 48.2 Å². The molecule has 0 saturated carbocycles. The minimum Gasteiger partial charge on any atom is -0.487 e. The Labute approximate surface area is 153 Å². The van der Waals surface area contributed by atoms with E-state index in [1.165, 1.54) is 0 Å². The van der Waals surface area contributed by atoms with Gasteiger partial charge in [0.15, 0.2) is 0 Å². The maximum atomic E-state index is 5.86. The molecule has 3 aromatic heterocycles. The van der Waals surface area contributed by atoms with Gasteiger partial charge >= 0.3 is 0 Å². The summed E-state index contributed by atoms with van der Waals surface area (Å²) in [5.74, 6) is 2.24. The molecule has 0 aliphatic rings. The molecule has 0 aliphatic carbocycles. The molecule has 25 heavy (non-hydrogen) atoms. The van der Waals surface area contributed by atoms with Gasteiger partial charge in [-0.25, -0.2) is 9.97 Å². The molecule has 0 aliphatic heterocycles. The number of thiazole rings is 1. The molecule has 4 aromatic rings. The minimum atomic E-state index is 0.385. The molecule has 126 valence electrons. The number of ether oxygens (including phenoxy) is 1. The van der Waals surface area contributed by atoms with Crippen molar-refractivity contribution in [3.8, 4) is 27.8 Å². The molecular weight excluding hydrogens is 352 g/mol. The van der Waals surface area contributed by atoms with Crippen LogP contribution in [0.25, 0.3) is 22.0 Å². The zero-order chi connectivity index (χ0) is 17.2. The van der Waals surface area contributed by atoms with Crippen LogP contribution in [0.2, 0.25) is 0 Å². The summed E-state index contributed by atoms with van der Waals surface area (Å²) in [6.45, 7) is 4.31. The highest BCUT2D eigenvalue weighted by molar-refractivity contribution is 7.13. The summed E-state index contributed by atoms with van der Waals surface area (Å²) in [5.41, 5.74) is 2.92. The molecule has 0 N–H and O–H groups in total. The number of nitrogens with zero attached hydrogens (tertiary/aromatic N) is 2. The summed E-state index contributed by atoms with van der Waals surface area (Å²) in [5, 5.41) is 5.14. The quantitative estimate of drug-likeness (QED) is 0.452. The Bertz CT molecular complexity index is 969. The van der Waals surface area contributed by atoms with Crippen LogP contribution >= 0.6 is 22.7 Å². The van der Waals surface area contributed by atoms with Crippen molar-refractivity contribution < 1.29 is 9.15 Å². The first-order chi connectivity index (χ1) is 12.2. The molecule has 0 atom stereocenters. The molecule has 0 radical (unpaired) electrons.